The Kier molecular flexibility index (Phi) is 8.67. The number of amides is 1. The predicted molar refractivity (Wildman–Crippen MR) is 128 cm³/mol. The molecule has 2 heterocycles. The van der Waals surface area contributed by atoms with E-state index in [1.165, 1.54) is 0 Å². The molecule has 2 unspecified atom stereocenters. The molecular formula is C22H26N3O7S2+. The van der Waals surface area contributed by atoms with Crippen molar-refractivity contribution in [1.29, 1.82) is 0 Å². The topological polar surface area (TPSA) is 148 Å². The minimum atomic E-state index is -4.41. The zero-order valence-corrected chi connectivity index (χ0v) is 19.8. The van der Waals surface area contributed by atoms with Crippen LogP contribution in [0.5, 0.6) is 0 Å². The van der Waals surface area contributed by atoms with Gasteiger partial charge in [-0.2, -0.15) is 13.0 Å². The van der Waals surface area contributed by atoms with Crippen molar-refractivity contribution in [3.05, 3.63) is 59.9 Å². The maximum atomic E-state index is 12.1. The average Bonchev–Trinajstić information content (AvgIpc) is 3.22. The second-order valence-electron chi connectivity index (χ2n) is 7.79. The maximum Gasteiger partial charge on any atom is 0.327 e. The molecule has 0 aliphatic carbocycles. The first kappa shape index (κ1) is 25.7. The first-order chi connectivity index (χ1) is 16.1. The normalized spacial score (nSPS) is 17.1. The van der Waals surface area contributed by atoms with Crippen LogP contribution in [0.3, 0.4) is 0 Å². The molecule has 1 aromatic carbocycles. The van der Waals surface area contributed by atoms with Crippen LogP contribution in [-0.2, 0) is 25.3 Å². The van der Waals surface area contributed by atoms with Crippen LogP contribution >= 0.6 is 10.8 Å². The summed E-state index contributed by atoms with van der Waals surface area (Å²) in [5.74, 6) is -2.53. The van der Waals surface area contributed by atoms with Crippen LogP contribution in [0, 0.1) is 0 Å². The molecule has 2 aromatic rings. The van der Waals surface area contributed by atoms with Crippen LogP contribution in [0.15, 0.2) is 48.8 Å². The van der Waals surface area contributed by atoms with Crippen LogP contribution in [-0.4, -0.2) is 66.0 Å². The number of aliphatic carboxylic acids is 1. The maximum absolute atomic E-state index is 12.1. The van der Waals surface area contributed by atoms with Gasteiger partial charge in [-0.1, -0.05) is 24.3 Å². The summed E-state index contributed by atoms with van der Waals surface area (Å²) >= 11 is 0. The number of aliphatic hydroxyl groups is 1. The number of nitrogens with zero attached hydrogens (tertiary/aromatic N) is 2. The number of benzene rings is 1. The Balaban J connectivity index is 1.52. The summed E-state index contributed by atoms with van der Waals surface area (Å²) in [4.78, 5) is 25.5. The van der Waals surface area contributed by atoms with Gasteiger partial charge in [-0.3, -0.25) is 9.35 Å². The minimum Gasteiger partial charge on any atom is -0.480 e. The molecule has 1 aliphatic rings. The number of carboxylic acid groups (broad SMARTS) is 1. The predicted octanol–water partition coefficient (Wildman–Crippen LogP) is 0.821. The Labute approximate surface area is 201 Å². The molecule has 182 valence electrons. The second-order valence-corrected chi connectivity index (χ2v) is 11.2. The Morgan fingerprint density at radius 3 is 2.29 bits per heavy atom. The molecule has 2 atom stereocenters. The third-order valence-electron chi connectivity index (χ3n) is 5.15. The van der Waals surface area contributed by atoms with Crippen molar-refractivity contribution >= 4 is 49.7 Å². The molecule has 3 rings (SSSR count). The lowest BCUT2D eigenvalue weighted by molar-refractivity contribution is -0.684. The number of aromatic nitrogens is 1. The van der Waals surface area contributed by atoms with Crippen molar-refractivity contribution in [2.45, 2.75) is 25.1 Å². The molecule has 34 heavy (non-hydrogen) atoms. The number of β-amino-alcohol motifs (C(OH)–C–C–N with tert-alkyl or cyclic N) is 1. The highest BCUT2D eigenvalue weighted by molar-refractivity contribution is 8.69. The molecular weight excluding hydrogens is 482 g/mol. The average molecular weight is 509 g/mol. The summed E-state index contributed by atoms with van der Waals surface area (Å²) in [5, 5.41) is 21.0. The fourth-order valence-corrected chi connectivity index (χ4v) is 4.84. The lowest BCUT2D eigenvalue weighted by atomic mass is 10.1. The van der Waals surface area contributed by atoms with Crippen LogP contribution in [0.1, 0.15) is 17.5 Å². The second kappa shape index (κ2) is 11.5. The number of carbonyl (C=O) groups is 2. The number of anilines is 1. The Morgan fingerprint density at radius 2 is 1.76 bits per heavy atom. The van der Waals surface area contributed by atoms with Gasteiger partial charge < -0.3 is 20.4 Å². The number of rotatable bonds is 10. The zero-order chi connectivity index (χ0) is 24.7. The van der Waals surface area contributed by atoms with E-state index >= 15 is 0 Å². The molecule has 0 radical (unpaired) electrons. The van der Waals surface area contributed by atoms with Crippen LogP contribution < -0.4 is 14.8 Å². The van der Waals surface area contributed by atoms with Crippen LogP contribution in [0.4, 0.5) is 5.69 Å². The van der Waals surface area contributed by atoms with Gasteiger partial charge in [0.1, 0.15) is 6.04 Å². The Hall–Kier alpha value is -2.93. The van der Waals surface area contributed by atoms with E-state index in [2.05, 4.69) is 10.2 Å². The molecule has 10 nitrogen and oxygen atoms in total. The number of nitrogens with one attached hydrogen (secondary N) is 1. The van der Waals surface area contributed by atoms with E-state index in [4.69, 9.17) is 9.66 Å². The monoisotopic (exact) mass is 508 g/mol. The number of pyridine rings is 1. The van der Waals surface area contributed by atoms with E-state index in [1.54, 1.807) is 29.1 Å². The van der Waals surface area contributed by atoms with Gasteiger partial charge in [-0.15, -0.1) is 0 Å². The smallest absolute Gasteiger partial charge is 0.327 e. The van der Waals surface area contributed by atoms with Gasteiger partial charge in [0, 0.05) is 36.7 Å². The molecule has 0 saturated carbocycles. The molecule has 1 amide bonds. The molecule has 1 saturated heterocycles. The molecule has 0 bridgehead atoms. The fourth-order valence-electron chi connectivity index (χ4n) is 3.38. The van der Waals surface area contributed by atoms with Crippen molar-refractivity contribution in [3.8, 4) is 0 Å². The molecule has 0 spiro atoms. The van der Waals surface area contributed by atoms with E-state index in [9.17, 15) is 23.1 Å². The van der Waals surface area contributed by atoms with Crippen molar-refractivity contribution < 1.29 is 37.3 Å². The number of aliphatic hydroxyl groups excluding tert-OH is 1. The lowest BCUT2D eigenvalue weighted by Crippen LogP contribution is -2.49. The van der Waals surface area contributed by atoms with E-state index < -0.39 is 32.8 Å². The van der Waals surface area contributed by atoms with E-state index in [1.807, 2.05) is 36.4 Å². The van der Waals surface area contributed by atoms with Gasteiger partial charge in [0.2, 0.25) is 6.54 Å². The largest absolute Gasteiger partial charge is 0.480 e. The molecule has 1 fully saturated rings. The van der Waals surface area contributed by atoms with E-state index in [0.717, 1.165) is 29.8 Å². The van der Waals surface area contributed by atoms with Crippen LogP contribution in [0.25, 0.3) is 12.2 Å². The quantitative estimate of drug-likeness (QED) is 0.208. The summed E-state index contributed by atoms with van der Waals surface area (Å²) in [6.45, 7) is 1.34. The van der Waals surface area contributed by atoms with Crippen molar-refractivity contribution in [1.82, 2.24) is 5.32 Å². The van der Waals surface area contributed by atoms with E-state index in [0.29, 0.717) is 6.54 Å². The molecule has 1 aliphatic heterocycles. The first-order valence-corrected chi connectivity index (χ1v) is 13.4. The van der Waals surface area contributed by atoms with Crippen molar-refractivity contribution in [2.24, 2.45) is 0 Å². The highest BCUT2D eigenvalue weighted by Gasteiger charge is 2.24. The van der Waals surface area contributed by atoms with Gasteiger partial charge in [0.25, 0.3) is 5.91 Å². The standard InChI is InChI=1S/C22H25N3O7S2/c26-19-9-12-25(13-19)18-5-3-16(4-6-18)1-2-17-7-10-24(11-8-17)14-21(27)23-20(22(28)29)15-33-34(30,31)32/h1-8,10-11,19-20,26H,9,12-15H2,(H2-,23,27,28,29,30,31,32)/p+1. The summed E-state index contributed by atoms with van der Waals surface area (Å²) in [7, 11) is -4.37. The summed E-state index contributed by atoms with van der Waals surface area (Å²) in [6.07, 6.45) is 7.73. The van der Waals surface area contributed by atoms with Gasteiger partial charge in [0.15, 0.2) is 12.4 Å². The number of hydrogen-bond acceptors (Lipinski definition) is 7. The van der Waals surface area contributed by atoms with Crippen molar-refractivity contribution in [3.63, 3.8) is 0 Å². The van der Waals surface area contributed by atoms with Gasteiger partial charge in [0.05, 0.1) is 6.10 Å². The Bertz CT molecular complexity index is 1140. The van der Waals surface area contributed by atoms with E-state index in [-0.39, 0.29) is 23.4 Å². The third-order valence-corrected chi connectivity index (χ3v) is 7.22. The number of hydrogen-bond donors (Lipinski definition) is 4. The lowest BCUT2D eigenvalue weighted by Gasteiger charge is -2.17. The third kappa shape index (κ3) is 8.13. The summed E-state index contributed by atoms with van der Waals surface area (Å²) < 4.78 is 31.9. The Morgan fingerprint density at radius 1 is 1.15 bits per heavy atom. The number of carboxylic acids is 1. The molecule has 1 aromatic heterocycles. The summed E-state index contributed by atoms with van der Waals surface area (Å²) in [6, 6.07) is 10.2. The van der Waals surface area contributed by atoms with Gasteiger partial charge in [-0.05, 0) is 40.5 Å². The highest BCUT2D eigenvalue weighted by atomic mass is 33.1. The van der Waals surface area contributed by atoms with Crippen LogP contribution in [0.2, 0.25) is 0 Å². The first-order valence-electron chi connectivity index (χ1n) is 10.4. The minimum absolute atomic E-state index is 0.0363. The fraction of sp³-hybridized carbons (Fsp3) is 0.318. The highest BCUT2D eigenvalue weighted by Crippen LogP contribution is 2.21. The van der Waals surface area contributed by atoms with Gasteiger partial charge >= 0.3 is 15.1 Å². The number of carbonyl (C=O) groups excluding carboxylic acids is 1. The SMILES string of the molecule is O=C(C[n+]1ccc(C=Cc2ccc(N3CCC(O)C3)cc2)cc1)NC(CSS(=O)(=O)O)C(=O)O. The molecule has 12 heteroatoms. The zero-order valence-electron chi connectivity index (χ0n) is 18.1. The van der Waals surface area contributed by atoms with Crippen molar-refractivity contribution in [2.75, 3.05) is 23.7 Å². The summed E-state index contributed by atoms with van der Waals surface area (Å²) in [5.41, 5.74) is 2.99. The van der Waals surface area contributed by atoms with Gasteiger partial charge in [-0.25, -0.2) is 4.79 Å². The molecule has 4 N–H and O–H groups in total.